The van der Waals surface area contributed by atoms with Crippen molar-refractivity contribution in [2.45, 2.75) is 46.5 Å². The van der Waals surface area contributed by atoms with E-state index < -0.39 is 0 Å². The van der Waals surface area contributed by atoms with E-state index in [0.717, 1.165) is 42.6 Å². The molecule has 3 aromatic rings. The van der Waals surface area contributed by atoms with Gasteiger partial charge in [0, 0.05) is 22.9 Å². The molecule has 0 aliphatic carbocycles. The Balaban J connectivity index is 1.84. The molecule has 2 heterocycles. The van der Waals surface area contributed by atoms with Crippen molar-refractivity contribution in [2.24, 2.45) is 5.92 Å². The molecule has 0 aliphatic rings. The molecule has 0 spiro atoms. The predicted molar refractivity (Wildman–Crippen MR) is 111 cm³/mol. The molecule has 0 atom stereocenters. The first kappa shape index (κ1) is 20.2. The number of rotatable bonds is 8. The maximum absolute atomic E-state index is 13.2. The average molecular weight is 401 g/mol. The zero-order chi connectivity index (χ0) is 20.1. The van der Waals surface area contributed by atoms with Crippen molar-refractivity contribution in [1.29, 1.82) is 0 Å². The molecule has 1 aromatic carbocycles. The molecule has 1 amide bonds. The van der Waals surface area contributed by atoms with Crippen LogP contribution in [0.4, 0.5) is 10.2 Å². The molecule has 0 saturated heterocycles. The molecule has 0 saturated carbocycles. The zero-order valence-electron chi connectivity index (χ0n) is 16.4. The molecule has 5 nitrogen and oxygen atoms in total. The Hall–Kier alpha value is -2.54. The highest BCUT2D eigenvalue weighted by Crippen LogP contribution is 2.27. The van der Waals surface area contributed by atoms with E-state index in [-0.39, 0.29) is 17.6 Å². The summed E-state index contributed by atoms with van der Waals surface area (Å²) in [7, 11) is 0. The summed E-state index contributed by atoms with van der Waals surface area (Å²) in [6.45, 7) is 6.07. The van der Waals surface area contributed by atoms with Crippen molar-refractivity contribution in [3.05, 3.63) is 47.2 Å². The number of hydrogen-bond acceptors (Lipinski definition) is 4. The van der Waals surface area contributed by atoms with E-state index in [9.17, 15) is 9.18 Å². The number of carbonyl (C=O) groups excluding carboxylic acids is 1. The first-order chi connectivity index (χ1) is 13.5. The normalized spacial score (nSPS) is 11.2. The fourth-order valence-electron chi connectivity index (χ4n) is 3.18. The van der Waals surface area contributed by atoms with Crippen LogP contribution in [-0.2, 0) is 4.79 Å². The number of benzene rings is 1. The van der Waals surface area contributed by atoms with Crippen LogP contribution in [0.1, 0.15) is 45.2 Å². The summed E-state index contributed by atoms with van der Waals surface area (Å²) in [5, 5.41) is 10.1. The van der Waals surface area contributed by atoms with Gasteiger partial charge in [-0.25, -0.2) is 9.37 Å². The number of aryl methyl sites for hydroxylation is 1. The Morgan fingerprint density at radius 2 is 1.89 bits per heavy atom. The number of carbonyl (C=O) groups is 1. The number of aromatic nitrogens is 3. The van der Waals surface area contributed by atoms with Crippen molar-refractivity contribution in [3.63, 3.8) is 0 Å². The Bertz CT molecular complexity index is 926. The number of halogens is 1. The van der Waals surface area contributed by atoms with Gasteiger partial charge in [0.2, 0.25) is 11.0 Å². The molecule has 28 heavy (non-hydrogen) atoms. The van der Waals surface area contributed by atoms with Crippen LogP contribution in [0, 0.1) is 18.7 Å². The van der Waals surface area contributed by atoms with Gasteiger partial charge >= 0.3 is 0 Å². The van der Waals surface area contributed by atoms with E-state index in [1.165, 1.54) is 23.5 Å². The molecule has 3 rings (SSSR count). The Morgan fingerprint density at radius 1 is 1.21 bits per heavy atom. The smallest absolute Gasteiger partial charge is 0.228 e. The Labute approximate surface area is 168 Å². The average Bonchev–Trinajstić information content (AvgIpc) is 3.29. The van der Waals surface area contributed by atoms with Crippen molar-refractivity contribution in [2.75, 3.05) is 5.32 Å². The van der Waals surface area contributed by atoms with Gasteiger partial charge in [-0.05, 0) is 44.0 Å². The summed E-state index contributed by atoms with van der Waals surface area (Å²) in [6, 6.07) is 8.09. The number of anilines is 1. The molecule has 0 aliphatic heterocycles. The minimum absolute atomic E-state index is 0.00438. The largest absolute Gasteiger partial charge is 0.310 e. The van der Waals surface area contributed by atoms with E-state index in [2.05, 4.69) is 29.2 Å². The van der Waals surface area contributed by atoms with Crippen LogP contribution in [-0.4, -0.2) is 20.7 Å². The second kappa shape index (κ2) is 9.10. The molecular formula is C21H25FN4OS. The third kappa shape index (κ3) is 4.65. The predicted octanol–water partition coefficient (Wildman–Crippen LogP) is 5.60. The lowest BCUT2D eigenvalue weighted by molar-refractivity contribution is -0.120. The van der Waals surface area contributed by atoms with Gasteiger partial charge in [-0.15, -0.1) is 11.3 Å². The number of nitrogens with one attached hydrogen (secondary N) is 1. The van der Waals surface area contributed by atoms with Crippen molar-refractivity contribution >= 4 is 23.1 Å². The van der Waals surface area contributed by atoms with Crippen LogP contribution in [0.25, 0.3) is 16.4 Å². The van der Waals surface area contributed by atoms with Crippen LogP contribution < -0.4 is 5.32 Å². The van der Waals surface area contributed by atoms with Gasteiger partial charge in [0.15, 0.2) is 0 Å². The van der Waals surface area contributed by atoms with Crippen molar-refractivity contribution in [1.82, 2.24) is 14.8 Å². The lowest BCUT2D eigenvalue weighted by Gasteiger charge is -2.15. The summed E-state index contributed by atoms with van der Waals surface area (Å²) >= 11 is 1.43. The van der Waals surface area contributed by atoms with Gasteiger partial charge in [0.05, 0.1) is 11.4 Å². The summed E-state index contributed by atoms with van der Waals surface area (Å²) in [6.07, 6.45) is 3.70. The number of nitrogens with zero attached hydrogens (tertiary/aromatic N) is 3. The molecule has 148 valence electrons. The van der Waals surface area contributed by atoms with Crippen molar-refractivity contribution < 1.29 is 9.18 Å². The van der Waals surface area contributed by atoms with E-state index in [4.69, 9.17) is 0 Å². The van der Waals surface area contributed by atoms with E-state index >= 15 is 0 Å². The van der Waals surface area contributed by atoms with E-state index in [1.807, 2.05) is 18.4 Å². The summed E-state index contributed by atoms with van der Waals surface area (Å²) in [4.78, 5) is 17.4. The minimum atomic E-state index is -0.277. The maximum atomic E-state index is 13.2. The molecule has 0 unspecified atom stereocenters. The summed E-state index contributed by atoms with van der Waals surface area (Å²) < 4.78 is 14.8. The third-order valence-corrected chi connectivity index (χ3v) is 5.36. The van der Waals surface area contributed by atoms with Gasteiger partial charge in [-0.2, -0.15) is 9.78 Å². The fraction of sp³-hybridized carbons (Fsp3) is 0.381. The second-order valence-electron chi connectivity index (χ2n) is 6.87. The monoisotopic (exact) mass is 400 g/mol. The topological polar surface area (TPSA) is 59.8 Å². The molecule has 1 N–H and O–H groups in total. The SMILES string of the molecule is CCCC(CCC)C(=O)Nc1cc(C)nn1-c1nc(-c2ccc(F)cc2)cs1. The first-order valence-corrected chi connectivity index (χ1v) is 10.5. The zero-order valence-corrected chi connectivity index (χ0v) is 17.2. The van der Waals surface area contributed by atoms with Crippen LogP contribution >= 0.6 is 11.3 Å². The molecular weight excluding hydrogens is 375 g/mol. The van der Waals surface area contributed by atoms with Gasteiger partial charge < -0.3 is 5.32 Å². The summed E-state index contributed by atoms with van der Waals surface area (Å²) in [5.74, 6) is 0.380. The van der Waals surface area contributed by atoms with Gasteiger partial charge in [0.25, 0.3) is 0 Å². The van der Waals surface area contributed by atoms with Gasteiger partial charge in [-0.3, -0.25) is 4.79 Å². The Kier molecular flexibility index (Phi) is 6.57. The number of thiazole rings is 1. The molecule has 0 bridgehead atoms. The van der Waals surface area contributed by atoms with Crippen molar-refractivity contribution in [3.8, 4) is 16.4 Å². The number of hydrogen-bond donors (Lipinski definition) is 1. The third-order valence-electron chi connectivity index (χ3n) is 4.54. The molecule has 2 aromatic heterocycles. The highest BCUT2D eigenvalue weighted by Gasteiger charge is 2.20. The lowest BCUT2D eigenvalue weighted by Crippen LogP contribution is -2.24. The van der Waals surface area contributed by atoms with Gasteiger partial charge in [0.1, 0.15) is 11.6 Å². The maximum Gasteiger partial charge on any atom is 0.228 e. The number of amides is 1. The highest BCUT2D eigenvalue weighted by atomic mass is 32.1. The second-order valence-corrected chi connectivity index (χ2v) is 7.71. The van der Waals surface area contributed by atoms with E-state index in [0.29, 0.717) is 10.9 Å². The van der Waals surface area contributed by atoms with Crippen LogP contribution in [0.3, 0.4) is 0 Å². The molecule has 0 radical (unpaired) electrons. The van der Waals surface area contributed by atoms with Crippen LogP contribution in [0.5, 0.6) is 0 Å². The van der Waals surface area contributed by atoms with Gasteiger partial charge in [-0.1, -0.05) is 26.7 Å². The quantitative estimate of drug-likeness (QED) is 0.535. The van der Waals surface area contributed by atoms with Crippen LogP contribution in [0.15, 0.2) is 35.7 Å². The lowest BCUT2D eigenvalue weighted by atomic mass is 9.97. The standard InChI is InChI=1S/C21H25FN4OS/c1-4-6-16(7-5-2)20(27)24-19-12-14(3)25-26(19)21-23-18(13-28-21)15-8-10-17(22)11-9-15/h8-13,16H,4-7H2,1-3H3,(H,24,27). The highest BCUT2D eigenvalue weighted by molar-refractivity contribution is 7.12. The molecule has 7 heteroatoms. The Morgan fingerprint density at radius 3 is 2.54 bits per heavy atom. The summed E-state index contributed by atoms with van der Waals surface area (Å²) in [5.41, 5.74) is 2.39. The van der Waals surface area contributed by atoms with E-state index in [1.54, 1.807) is 16.8 Å². The minimum Gasteiger partial charge on any atom is -0.310 e. The fourth-order valence-corrected chi connectivity index (χ4v) is 3.98. The molecule has 0 fully saturated rings. The van der Waals surface area contributed by atoms with Crippen LogP contribution in [0.2, 0.25) is 0 Å². The first-order valence-electron chi connectivity index (χ1n) is 9.61.